The van der Waals surface area contributed by atoms with Crippen molar-refractivity contribution in [3.63, 3.8) is 0 Å². The van der Waals surface area contributed by atoms with Crippen molar-refractivity contribution < 1.29 is 26.5 Å². The van der Waals surface area contributed by atoms with E-state index < -0.39 is 27.4 Å². The largest absolute Gasteiger partial charge is 0.481 e. The summed E-state index contributed by atoms with van der Waals surface area (Å²) < 4.78 is 48.9. The van der Waals surface area contributed by atoms with Crippen molar-refractivity contribution in [2.24, 2.45) is 10.7 Å². The molecule has 1 amide bonds. The summed E-state index contributed by atoms with van der Waals surface area (Å²) in [7, 11) is -1.10. The lowest BCUT2D eigenvalue weighted by molar-refractivity contribution is -0.129. The molecule has 0 saturated heterocycles. The third-order valence-corrected chi connectivity index (χ3v) is 5.70. The van der Waals surface area contributed by atoms with E-state index >= 15 is 0 Å². The van der Waals surface area contributed by atoms with E-state index in [2.05, 4.69) is 15.0 Å². The van der Waals surface area contributed by atoms with E-state index in [-0.39, 0.29) is 40.1 Å². The summed E-state index contributed by atoms with van der Waals surface area (Å²) in [5.41, 5.74) is 4.45. The van der Waals surface area contributed by atoms with Gasteiger partial charge in [-0.25, -0.2) is 14.4 Å². The van der Waals surface area contributed by atoms with Gasteiger partial charge in [-0.05, 0) is 23.8 Å². The highest BCUT2D eigenvalue weighted by atomic mass is 32.2. The van der Waals surface area contributed by atoms with Crippen LogP contribution < -0.4 is 14.7 Å². The monoisotopic (exact) mass is 485 g/mol. The summed E-state index contributed by atoms with van der Waals surface area (Å²) in [5.74, 6) is -1.22. The predicted molar refractivity (Wildman–Crippen MR) is 121 cm³/mol. The van der Waals surface area contributed by atoms with Gasteiger partial charge in [-0.2, -0.15) is 13.4 Å². The quantitative estimate of drug-likeness (QED) is 0.521. The van der Waals surface area contributed by atoms with Gasteiger partial charge in [-0.3, -0.25) is 9.69 Å². The Morgan fingerprint density at radius 1 is 1.15 bits per heavy atom. The van der Waals surface area contributed by atoms with Crippen molar-refractivity contribution in [1.82, 2.24) is 14.9 Å². The number of hydrogen-bond donors (Lipinski definition) is 1. The molecule has 0 aliphatic carbocycles. The summed E-state index contributed by atoms with van der Waals surface area (Å²) in [5, 5.41) is 0. The molecule has 0 bridgehead atoms. The van der Waals surface area contributed by atoms with Crippen LogP contribution in [0.5, 0.6) is 11.6 Å². The van der Waals surface area contributed by atoms with E-state index in [1.54, 1.807) is 12.1 Å². The van der Waals surface area contributed by atoms with Gasteiger partial charge < -0.3 is 14.7 Å². The van der Waals surface area contributed by atoms with Gasteiger partial charge >= 0.3 is 10.1 Å². The molecular formula is C22H20FN5O5S. The van der Waals surface area contributed by atoms with Gasteiger partial charge in [0.05, 0.1) is 18.9 Å². The third kappa shape index (κ3) is 3.92. The highest BCUT2D eigenvalue weighted by Gasteiger charge is 2.51. The van der Waals surface area contributed by atoms with Gasteiger partial charge in [0, 0.05) is 24.9 Å². The van der Waals surface area contributed by atoms with Gasteiger partial charge in [-0.1, -0.05) is 24.3 Å². The number of carbonyl (C=O) groups is 1. The maximum atomic E-state index is 14.9. The van der Waals surface area contributed by atoms with Crippen LogP contribution >= 0.6 is 0 Å². The van der Waals surface area contributed by atoms with Crippen LogP contribution in [0.1, 0.15) is 11.1 Å². The Morgan fingerprint density at radius 3 is 2.53 bits per heavy atom. The van der Waals surface area contributed by atoms with Crippen molar-refractivity contribution >= 4 is 22.0 Å². The molecule has 4 rings (SSSR count). The number of nitrogens with two attached hydrogens (primary N) is 1. The molecule has 3 aromatic rings. The Kier molecular flexibility index (Phi) is 5.69. The van der Waals surface area contributed by atoms with E-state index in [4.69, 9.17) is 14.7 Å². The van der Waals surface area contributed by atoms with Gasteiger partial charge in [0.1, 0.15) is 11.6 Å². The molecule has 0 saturated carbocycles. The first-order valence-electron chi connectivity index (χ1n) is 9.86. The predicted octanol–water partition coefficient (Wildman–Crippen LogP) is 1.66. The number of likely N-dealkylation sites (N-methyl/N-ethyl adjacent to an activating group) is 1. The minimum absolute atomic E-state index is 0.0188. The van der Waals surface area contributed by atoms with E-state index in [0.29, 0.717) is 0 Å². The van der Waals surface area contributed by atoms with Crippen LogP contribution in [-0.4, -0.2) is 55.6 Å². The van der Waals surface area contributed by atoms with Crippen LogP contribution in [0.15, 0.2) is 59.7 Å². The molecule has 0 spiro atoms. The number of guanidine groups is 1. The summed E-state index contributed by atoms with van der Waals surface area (Å²) in [6.07, 6.45) is 2.29. The number of methoxy groups -OCH3 is 1. The zero-order valence-corrected chi connectivity index (χ0v) is 19.2. The number of amides is 1. The topological polar surface area (TPSA) is 137 Å². The first kappa shape index (κ1) is 23.1. The zero-order valence-electron chi connectivity index (χ0n) is 18.4. The Balaban J connectivity index is 2.00. The first-order valence-corrected chi connectivity index (χ1v) is 11.7. The lowest BCUT2D eigenvalue weighted by Gasteiger charge is -2.28. The van der Waals surface area contributed by atoms with Gasteiger partial charge in [0.15, 0.2) is 17.3 Å². The molecule has 2 heterocycles. The zero-order chi connectivity index (χ0) is 24.7. The summed E-state index contributed by atoms with van der Waals surface area (Å²) in [6.45, 7) is 0. The average molecular weight is 485 g/mol. The van der Waals surface area contributed by atoms with Crippen LogP contribution in [0.4, 0.5) is 4.39 Å². The molecule has 34 heavy (non-hydrogen) atoms. The minimum Gasteiger partial charge on any atom is -0.481 e. The lowest BCUT2D eigenvalue weighted by Crippen LogP contribution is -2.41. The van der Waals surface area contributed by atoms with Crippen LogP contribution in [0.25, 0.3) is 11.4 Å². The number of aliphatic imine (C=N–C) groups is 1. The maximum absolute atomic E-state index is 14.9. The van der Waals surface area contributed by atoms with Crippen molar-refractivity contribution in [3.8, 4) is 23.0 Å². The fourth-order valence-electron chi connectivity index (χ4n) is 3.67. The maximum Gasteiger partial charge on any atom is 0.306 e. The molecule has 12 heteroatoms. The number of ether oxygens (including phenoxy) is 1. The second kappa shape index (κ2) is 8.37. The second-order valence-electron chi connectivity index (χ2n) is 7.45. The van der Waals surface area contributed by atoms with Gasteiger partial charge in [0.25, 0.3) is 5.91 Å². The number of aromatic nitrogens is 2. The molecule has 2 N–H and O–H groups in total. The molecule has 1 unspecified atom stereocenters. The second-order valence-corrected chi connectivity index (χ2v) is 9.02. The SMILES string of the molecule is COc1ccnc(-c2cc(C3(c4ccccc4OS(C)(=O)=O)N=C(N)N(C)C3=O)ccc2F)n1. The normalized spacial score (nSPS) is 18.1. The van der Waals surface area contributed by atoms with Gasteiger partial charge in [0.2, 0.25) is 5.88 Å². The molecule has 1 aliphatic heterocycles. The highest BCUT2D eigenvalue weighted by molar-refractivity contribution is 7.86. The molecule has 0 fully saturated rings. The molecule has 1 aromatic heterocycles. The molecule has 1 atom stereocenters. The Morgan fingerprint density at radius 2 is 1.88 bits per heavy atom. The van der Waals surface area contributed by atoms with Crippen LogP contribution in [0.3, 0.4) is 0 Å². The summed E-state index contributed by atoms with van der Waals surface area (Å²) in [4.78, 5) is 27.4. The summed E-state index contributed by atoms with van der Waals surface area (Å²) in [6, 6.07) is 11.4. The van der Waals surface area contributed by atoms with Crippen LogP contribution in [0.2, 0.25) is 0 Å². The number of carbonyl (C=O) groups excluding carboxylic acids is 1. The van der Waals surface area contributed by atoms with E-state index in [1.807, 2.05) is 0 Å². The van der Waals surface area contributed by atoms with Crippen molar-refractivity contribution in [1.29, 1.82) is 0 Å². The van der Waals surface area contributed by atoms with Gasteiger partial charge in [-0.15, -0.1) is 0 Å². The number of hydrogen-bond acceptors (Lipinski definition) is 9. The highest BCUT2D eigenvalue weighted by Crippen LogP contribution is 2.44. The molecular weight excluding hydrogens is 465 g/mol. The molecule has 1 aliphatic rings. The van der Waals surface area contributed by atoms with E-state index in [1.165, 1.54) is 50.7 Å². The average Bonchev–Trinajstić information content (AvgIpc) is 3.03. The molecule has 2 aromatic carbocycles. The first-order chi connectivity index (χ1) is 16.1. The van der Waals surface area contributed by atoms with E-state index in [9.17, 15) is 17.6 Å². The number of nitrogens with zero attached hydrogens (tertiary/aromatic N) is 4. The molecule has 0 radical (unpaired) electrons. The third-order valence-electron chi connectivity index (χ3n) is 5.22. The van der Waals surface area contributed by atoms with Crippen molar-refractivity contribution in [2.75, 3.05) is 20.4 Å². The van der Waals surface area contributed by atoms with Crippen LogP contribution in [0, 0.1) is 5.82 Å². The van der Waals surface area contributed by atoms with E-state index in [0.717, 1.165) is 17.2 Å². The summed E-state index contributed by atoms with van der Waals surface area (Å²) >= 11 is 0. The Labute approximate surface area is 195 Å². The van der Waals surface area contributed by atoms with Crippen molar-refractivity contribution in [2.45, 2.75) is 5.54 Å². The molecule has 10 nitrogen and oxygen atoms in total. The number of benzene rings is 2. The smallest absolute Gasteiger partial charge is 0.306 e. The minimum atomic E-state index is -3.95. The fraction of sp³-hybridized carbons (Fsp3) is 0.182. The Bertz CT molecular complexity index is 1430. The Hall–Kier alpha value is -4.06. The number of para-hydroxylation sites is 1. The van der Waals surface area contributed by atoms with Crippen LogP contribution in [-0.2, 0) is 20.5 Å². The molecule has 176 valence electrons. The number of rotatable bonds is 6. The fourth-order valence-corrected chi connectivity index (χ4v) is 4.14. The number of halogens is 1. The van der Waals surface area contributed by atoms with Crippen molar-refractivity contribution in [3.05, 3.63) is 71.7 Å². The lowest BCUT2D eigenvalue weighted by atomic mass is 9.81. The standard InChI is InChI=1S/C22H20FN5O5S/c1-28-20(29)22(27-21(28)24,15-6-4-5-7-17(15)33-34(3,30)31)13-8-9-16(23)14(12-13)19-25-11-10-18(26-19)32-2/h4-12H,1-3H3,(H2,24,27).